The average Bonchev–Trinajstić information content (AvgIpc) is 2.25. The van der Waals surface area contributed by atoms with Gasteiger partial charge in [-0.05, 0) is 41.5 Å². The number of carboxylic acids is 1. The summed E-state index contributed by atoms with van der Waals surface area (Å²) in [6.07, 6.45) is 1.36. The number of carbonyl (C=O) groups is 1. The van der Waals surface area contributed by atoms with Crippen molar-refractivity contribution in [3.8, 4) is 0 Å². The lowest BCUT2D eigenvalue weighted by Crippen LogP contribution is -2.35. The maximum Gasteiger partial charge on any atom is 0.307 e. The van der Waals surface area contributed by atoms with Crippen LogP contribution in [0.3, 0.4) is 0 Å². The maximum absolute atomic E-state index is 13.4. The van der Waals surface area contributed by atoms with E-state index in [9.17, 15) is 14.3 Å². The van der Waals surface area contributed by atoms with Crippen molar-refractivity contribution in [3.05, 3.63) is 35.1 Å². The van der Waals surface area contributed by atoms with Crippen LogP contribution in [0.5, 0.6) is 0 Å². The molecule has 2 unspecified atom stereocenters. The Morgan fingerprint density at radius 3 is 2.61 bits per heavy atom. The fourth-order valence-electron chi connectivity index (χ4n) is 3.11. The molecular weight excluding hydrogens is 231 g/mol. The van der Waals surface area contributed by atoms with Crippen LogP contribution >= 0.6 is 0 Å². The Kier molecular flexibility index (Phi) is 3.18. The second-order valence-electron chi connectivity index (χ2n) is 6.17. The summed E-state index contributed by atoms with van der Waals surface area (Å²) < 4.78 is 13.4. The van der Waals surface area contributed by atoms with Crippen LogP contribution in [0.2, 0.25) is 0 Å². The number of hydrogen-bond donors (Lipinski definition) is 1. The van der Waals surface area contributed by atoms with Gasteiger partial charge < -0.3 is 5.11 Å². The van der Waals surface area contributed by atoms with Gasteiger partial charge in [0.1, 0.15) is 5.82 Å². The molecular formula is C15H19FO2. The third-order valence-electron chi connectivity index (χ3n) is 3.82. The normalized spacial score (nSPS) is 23.6. The molecule has 2 atom stereocenters. The Balaban J connectivity index is 2.55. The number of hydrogen-bond acceptors (Lipinski definition) is 1. The lowest BCUT2D eigenvalue weighted by Gasteiger charge is -2.40. The highest BCUT2D eigenvalue weighted by atomic mass is 19.1. The smallest absolute Gasteiger partial charge is 0.307 e. The number of aliphatic carboxylic acids is 1. The fourth-order valence-corrected chi connectivity index (χ4v) is 3.11. The Bertz CT molecular complexity index is 474. The van der Waals surface area contributed by atoms with Crippen molar-refractivity contribution < 1.29 is 14.3 Å². The second kappa shape index (κ2) is 4.38. The highest BCUT2D eigenvalue weighted by Gasteiger charge is 2.41. The van der Waals surface area contributed by atoms with Crippen LogP contribution < -0.4 is 0 Å². The highest BCUT2D eigenvalue weighted by Crippen LogP contribution is 2.47. The molecule has 98 valence electrons. The minimum absolute atomic E-state index is 0.130. The zero-order valence-corrected chi connectivity index (χ0v) is 11.0. The van der Waals surface area contributed by atoms with Crippen LogP contribution in [-0.2, 0) is 11.2 Å². The van der Waals surface area contributed by atoms with Gasteiger partial charge in [-0.2, -0.15) is 0 Å². The topological polar surface area (TPSA) is 37.3 Å². The maximum atomic E-state index is 13.4. The molecule has 0 spiro atoms. The Morgan fingerprint density at radius 2 is 2.06 bits per heavy atom. The van der Waals surface area contributed by atoms with Gasteiger partial charge in [-0.15, -0.1) is 0 Å². The SMILES string of the molecule is CC(C)(C)C1c2cc(F)ccc2CCC1C(=O)O. The van der Waals surface area contributed by atoms with Crippen LogP contribution in [0.25, 0.3) is 0 Å². The molecule has 3 heteroatoms. The van der Waals surface area contributed by atoms with E-state index in [1.807, 2.05) is 20.8 Å². The zero-order valence-electron chi connectivity index (χ0n) is 11.0. The molecule has 0 radical (unpaired) electrons. The Hall–Kier alpha value is -1.38. The quantitative estimate of drug-likeness (QED) is 0.826. The van der Waals surface area contributed by atoms with Crippen LogP contribution in [0, 0.1) is 17.2 Å². The van der Waals surface area contributed by atoms with Crippen LogP contribution in [0.4, 0.5) is 4.39 Å². The van der Waals surface area contributed by atoms with Crippen molar-refractivity contribution in [2.24, 2.45) is 11.3 Å². The number of aryl methyl sites for hydroxylation is 1. The molecule has 0 bridgehead atoms. The minimum atomic E-state index is -0.773. The summed E-state index contributed by atoms with van der Waals surface area (Å²) in [4.78, 5) is 11.4. The van der Waals surface area contributed by atoms with Gasteiger partial charge in [-0.25, -0.2) is 4.39 Å². The predicted molar refractivity (Wildman–Crippen MR) is 68.0 cm³/mol. The summed E-state index contributed by atoms with van der Waals surface area (Å²) in [6, 6.07) is 4.77. The molecule has 2 nitrogen and oxygen atoms in total. The fraction of sp³-hybridized carbons (Fsp3) is 0.533. The third kappa shape index (κ3) is 2.26. The Morgan fingerprint density at radius 1 is 1.39 bits per heavy atom. The van der Waals surface area contributed by atoms with Crippen molar-refractivity contribution in [2.45, 2.75) is 39.5 Å². The van der Waals surface area contributed by atoms with E-state index in [4.69, 9.17) is 0 Å². The molecule has 0 amide bonds. The number of halogens is 1. The Labute approximate surface area is 107 Å². The summed E-state index contributed by atoms with van der Waals surface area (Å²) >= 11 is 0. The van der Waals surface area contributed by atoms with Crippen LogP contribution in [0.1, 0.15) is 44.2 Å². The van der Waals surface area contributed by atoms with Gasteiger partial charge in [0.05, 0.1) is 5.92 Å². The zero-order chi connectivity index (χ0) is 13.5. The standard InChI is InChI=1S/C15H19FO2/c1-15(2,3)13-11(14(17)18)7-5-9-4-6-10(16)8-12(9)13/h4,6,8,11,13H,5,7H2,1-3H3,(H,17,18). The first-order valence-corrected chi connectivity index (χ1v) is 6.32. The molecule has 0 saturated heterocycles. The van der Waals surface area contributed by atoms with Gasteiger partial charge >= 0.3 is 5.97 Å². The monoisotopic (exact) mass is 250 g/mol. The summed E-state index contributed by atoms with van der Waals surface area (Å²) in [7, 11) is 0. The predicted octanol–water partition coefficient (Wildman–Crippen LogP) is 3.60. The molecule has 0 saturated carbocycles. The van der Waals surface area contributed by atoms with Crippen molar-refractivity contribution in [2.75, 3.05) is 0 Å². The van der Waals surface area contributed by atoms with E-state index in [1.165, 1.54) is 12.1 Å². The van der Waals surface area contributed by atoms with E-state index >= 15 is 0 Å². The van der Waals surface area contributed by atoms with Gasteiger partial charge in [0.15, 0.2) is 0 Å². The molecule has 2 rings (SSSR count). The summed E-state index contributed by atoms with van der Waals surface area (Å²) in [5.74, 6) is -1.60. The molecule has 1 aromatic carbocycles. The van der Waals surface area contributed by atoms with E-state index in [2.05, 4.69) is 0 Å². The van der Waals surface area contributed by atoms with Crippen molar-refractivity contribution in [1.82, 2.24) is 0 Å². The van der Waals surface area contributed by atoms with Gasteiger partial charge in [0.2, 0.25) is 0 Å². The molecule has 1 aromatic rings. The second-order valence-corrected chi connectivity index (χ2v) is 6.17. The molecule has 0 fully saturated rings. The molecule has 1 aliphatic rings. The lowest BCUT2D eigenvalue weighted by atomic mass is 9.64. The molecule has 1 aliphatic carbocycles. The van der Waals surface area contributed by atoms with Gasteiger partial charge in [0.25, 0.3) is 0 Å². The summed E-state index contributed by atoms with van der Waals surface area (Å²) in [5, 5.41) is 9.37. The average molecular weight is 250 g/mol. The van der Waals surface area contributed by atoms with E-state index < -0.39 is 11.9 Å². The minimum Gasteiger partial charge on any atom is -0.481 e. The third-order valence-corrected chi connectivity index (χ3v) is 3.82. The van der Waals surface area contributed by atoms with E-state index in [0.29, 0.717) is 6.42 Å². The van der Waals surface area contributed by atoms with E-state index in [1.54, 1.807) is 6.07 Å². The molecule has 1 N–H and O–H groups in total. The molecule has 0 aliphatic heterocycles. The number of rotatable bonds is 1. The van der Waals surface area contributed by atoms with Gasteiger partial charge in [-0.3, -0.25) is 4.79 Å². The highest BCUT2D eigenvalue weighted by molar-refractivity contribution is 5.72. The molecule has 0 aromatic heterocycles. The van der Waals surface area contributed by atoms with Crippen molar-refractivity contribution in [3.63, 3.8) is 0 Å². The van der Waals surface area contributed by atoms with Crippen molar-refractivity contribution in [1.29, 1.82) is 0 Å². The molecule has 18 heavy (non-hydrogen) atoms. The first-order chi connectivity index (χ1) is 8.30. The van der Waals surface area contributed by atoms with Crippen LogP contribution in [-0.4, -0.2) is 11.1 Å². The number of benzene rings is 1. The van der Waals surface area contributed by atoms with Gasteiger partial charge in [-0.1, -0.05) is 26.8 Å². The number of fused-ring (bicyclic) bond motifs is 1. The largest absolute Gasteiger partial charge is 0.481 e. The van der Waals surface area contributed by atoms with E-state index in [0.717, 1.165) is 17.5 Å². The summed E-state index contributed by atoms with van der Waals surface area (Å²) in [5.41, 5.74) is 1.78. The first kappa shape index (κ1) is 13.1. The molecule has 0 heterocycles. The summed E-state index contributed by atoms with van der Waals surface area (Å²) in [6.45, 7) is 6.06. The van der Waals surface area contributed by atoms with E-state index in [-0.39, 0.29) is 17.2 Å². The first-order valence-electron chi connectivity index (χ1n) is 6.32. The lowest BCUT2D eigenvalue weighted by molar-refractivity contribution is -0.144. The van der Waals surface area contributed by atoms with Crippen molar-refractivity contribution >= 4 is 5.97 Å². The van der Waals surface area contributed by atoms with Gasteiger partial charge in [0, 0.05) is 5.92 Å². The number of carboxylic acid groups (broad SMARTS) is 1. The van der Waals surface area contributed by atoms with Crippen LogP contribution in [0.15, 0.2) is 18.2 Å².